The van der Waals surface area contributed by atoms with Gasteiger partial charge in [0.2, 0.25) is 0 Å². The zero-order chi connectivity index (χ0) is 15.4. The van der Waals surface area contributed by atoms with E-state index >= 15 is 0 Å². The molecule has 2 N–H and O–H groups in total. The molecule has 2 aromatic rings. The Kier molecular flexibility index (Phi) is 4.19. The molecule has 0 amide bonds. The second-order valence-electron chi connectivity index (χ2n) is 4.60. The van der Waals surface area contributed by atoms with Crippen LogP contribution in [0.5, 0.6) is 0 Å². The summed E-state index contributed by atoms with van der Waals surface area (Å²) >= 11 is 0. The highest BCUT2D eigenvalue weighted by molar-refractivity contribution is 5.90. The first-order chi connectivity index (χ1) is 9.99. The minimum atomic E-state index is -0.648. The van der Waals surface area contributed by atoms with E-state index < -0.39 is 11.8 Å². The molecule has 0 spiro atoms. The third kappa shape index (κ3) is 3.57. The third-order valence-corrected chi connectivity index (χ3v) is 2.99. The summed E-state index contributed by atoms with van der Waals surface area (Å²) in [4.78, 5) is 11.9. The van der Waals surface area contributed by atoms with E-state index in [9.17, 15) is 9.18 Å². The SMILES string of the molecule is Cc1cc(C#N)ccc1COC(=O)c1cc(N)cc(F)c1. The molecule has 0 unspecified atom stereocenters. The van der Waals surface area contributed by atoms with Gasteiger partial charge in [0, 0.05) is 5.69 Å². The monoisotopic (exact) mass is 284 g/mol. The Bertz CT molecular complexity index is 715. The molecule has 0 aliphatic heterocycles. The van der Waals surface area contributed by atoms with Gasteiger partial charge in [-0.15, -0.1) is 0 Å². The van der Waals surface area contributed by atoms with Gasteiger partial charge >= 0.3 is 5.97 Å². The Hall–Kier alpha value is -2.87. The maximum Gasteiger partial charge on any atom is 0.338 e. The van der Waals surface area contributed by atoms with Gasteiger partial charge in [-0.25, -0.2) is 9.18 Å². The molecule has 0 heterocycles. The Morgan fingerprint density at radius 3 is 2.71 bits per heavy atom. The van der Waals surface area contributed by atoms with Gasteiger partial charge in [-0.05, 0) is 48.4 Å². The second kappa shape index (κ2) is 6.06. The summed E-state index contributed by atoms with van der Waals surface area (Å²) in [6, 6.07) is 10.7. The van der Waals surface area contributed by atoms with Crippen LogP contribution in [-0.2, 0) is 11.3 Å². The lowest BCUT2D eigenvalue weighted by molar-refractivity contribution is 0.0471. The van der Waals surface area contributed by atoms with Crippen molar-refractivity contribution in [1.29, 1.82) is 5.26 Å². The van der Waals surface area contributed by atoms with Gasteiger partial charge in [-0.2, -0.15) is 5.26 Å². The number of benzene rings is 2. The molecule has 5 heteroatoms. The first-order valence-electron chi connectivity index (χ1n) is 6.22. The van der Waals surface area contributed by atoms with Crippen LogP contribution in [0.3, 0.4) is 0 Å². The minimum absolute atomic E-state index is 0.0484. The summed E-state index contributed by atoms with van der Waals surface area (Å²) in [5.41, 5.74) is 7.89. The van der Waals surface area contributed by atoms with Gasteiger partial charge in [0.15, 0.2) is 0 Å². The average molecular weight is 284 g/mol. The van der Waals surface area contributed by atoms with Crippen LogP contribution in [0.2, 0.25) is 0 Å². The van der Waals surface area contributed by atoms with Crippen molar-refractivity contribution in [3.8, 4) is 6.07 Å². The number of esters is 1. The summed E-state index contributed by atoms with van der Waals surface area (Å²) < 4.78 is 18.3. The van der Waals surface area contributed by atoms with Crippen molar-refractivity contribution in [2.75, 3.05) is 5.73 Å². The number of halogens is 1. The van der Waals surface area contributed by atoms with Crippen molar-refractivity contribution in [1.82, 2.24) is 0 Å². The van der Waals surface area contributed by atoms with Crippen LogP contribution in [0.15, 0.2) is 36.4 Å². The summed E-state index contributed by atoms with van der Waals surface area (Å²) in [6.07, 6.45) is 0. The average Bonchev–Trinajstić information content (AvgIpc) is 2.44. The molecule has 2 rings (SSSR count). The van der Waals surface area contributed by atoms with E-state index in [1.165, 1.54) is 6.07 Å². The van der Waals surface area contributed by atoms with Crippen molar-refractivity contribution in [3.05, 3.63) is 64.5 Å². The minimum Gasteiger partial charge on any atom is -0.457 e. The first kappa shape index (κ1) is 14.5. The number of hydrogen-bond acceptors (Lipinski definition) is 4. The highest BCUT2D eigenvalue weighted by atomic mass is 19.1. The van der Waals surface area contributed by atoms with E-state index in [0.717, 1.165) is 23.3 Å². The molecular formula is C16H13FN2O2. The van der Waals surface area contributed by atoms with E-state index in [0.29, 0.717) is 5.56 Å². The van der Waals surface area contributed by atoms with E-state index in [4.69, 9.17) is 15.7 Å². The van der Waals surface area contributed by atoms with Crippen molar-refractivity contribution in [2.24, 2.45) is 0 Å². The lowest BCUT2D eigenvalue weighted by Crippen LogP contribution is -2.07. The number of nitrogen functional groups attached to an aromatic ring is 1. The predicted molar refractivity (Wildman–Crippen MR) is 75.8 cm³/mol. The van der Waals surface area contributed by atoms with Crippen molar-refractivity contribution in [2.45, 2.75) is 13.5 Å². The second-order valence-corrected chi connectivity index (χ2v) is 4.60. The molecule has 4 nitrogen and oxygen atoms in total. The summed E-state index contributed by atoms with van der Waals surface area (Å²) in [5, 5.41) is 8.79. The number of anilines is 1. The normalized spacial score (nSPS) is 9.95. The molecule has 106 valence electrons. The molecular weight excluding hydrogens is 271 g/mol. The van der Waals surface area contributed by atoms with E-state index in [2.05, 4.69) is 0 Å². The molecule has 0 saturated carbocycles. The van der Waals surface area contributed by atoms with E-state index in [-0.39, 0.29) is 17.9 Å². The number of nitrogens with two attached hydrogens (primary N) is 1. The lowest BCUT2D eigenvalue weighted by atomic mass is 10.1. The molecule has 0 saturated heterocycles. The molecule has 0 radical (unpaired) electrons. The predicted octanol–water partition coefficient (Wildman–Crippen LogP) is 2.95. The van der Waals surface area contributed by atoms with Crippen molar-refractivity contribution >= 4 is 11.7 Å². The molecule has 0 aliphatic rings. The molecule has 0 aromatic heterocycles. The Labute approximate surface area is 121 Å². The zero-order valence-corrected chi connectivity index (χ0v) is 11.4. The number of ether oxygens (including phenoxy) is 1. The number of hydrogen-bond donors (Lipinski definition) is 1. The fraction of sp³-hybridized carbons (Fsp3) is 0.125. The van der Waals surface area contributed by atoms with Crippen molar-refractivity contribution < 1.29 is 13.9 Å². The zero-order valence-electron chi connectivity index (χ0n) is 11.4. The maximum absolute atomic E-state index is 13.2. The Balaban J connectivity index is 2.09. The number of rotatable bonds is 3. The molecule has 0 aliphatic carbocycles. The van der Waals surface area contributed by atoms with Gasteiger partial charge in [0.1, 0.15) is 12.4 Å². The summed E-state index contributed by atoms with van der Waals surface area (Å²) in [6.45, 7) is 1.87. The van der Waals surface area contributed by atoms with Crippen LogP contribution in [-0.4, -0.2) is 5.97 Å². The van der Waals surface area contributed by atoms with Crippen molar-refractivity contribution in [3.63, 3.8) is 0 Å². The maximum atomic E-state index is 13.2. The van der Waals surface area contributed by atoms with Gasteiger partial charge in [-0.1, -0.05) is 6.07 Å². The fourth-order valence-electron chi connectivity index (χ4n) is 1.88. The number of nitriles is 1. The van der Waals surface area contributed by atoms with Crippen LogP contribution in [0, 0.1) is 24.1 Å². The standard InChI is InChI=1S/C16H13FN2O2/c1-10-4-11(8-18)2-3-12(10)9-21-16(20)13-5-14(17)7-15(19)6-13/h2-7H,9,19H2,1H3. The van der Waals surface area contributed by atoms with Crippen LogP contribution in [0.25, 0.3) is 0 Å². The quantitative estimate of drug-likeness (QED) is 0.694. The van der Waals surface area contributed by atoms with E-state index in [1.807, 2.05) is 13.0 Å². The molecule has 0 fully saturated rings. The van der Waals surface area contributed by atoms with Gasteiger partial charge in [0.25, 0.3) is 0 Å². The number of aryl methyl sites for hydroxylation is 1. The van der Waals surface area contributed by atoms with Crippen LogP contribution in [0.4, 0.5) is 10.1 Å². The summed E-state index contributed by atoms with van der Waals surface area (Å²) in [5.74, 6) is -1.23. The number of carbonyl (C=O) groups excluding carboxylic acids is 1. The molecule has 0 atom stereocenters. The van der Waals surface area contributed by atoms with E-state index in [1.54, 1.807) is 18.2 Å². The number of carbonyl (C=O) groups is 1. The van der Waals surface area contributed by atoms with Crippen LogP contribution >= 0.6 is 0 Å². The van der Waals surface area contributed by atoms with Gasteiger partial charge in [0.05, 0.1) is 17.2 Å². The Morgan fingerprint density at radius 2 is 2.10 bits per heavy atom. The van der Waals surface area contributed by atoms with Gasteiger partial charge in [-0.3, -0.25) is 0 Å². The largest absolute Gasteiger partial charge is 0.457 e. The fourth-order valence-corrected chi connectivity index (χ4v) is 1.88. The first-order valence-corrected chi connectivity index (χ1v) is 6.22. The van der Waals surface area contributed by atoms with Gasteiger partial charge < -0.3 is 10.5 Å². The highest BCUT2D eigenvalue weighted by Crippen LogP contribution is 2.15. The smallest absolute Gasteiger partial charge is 0.338 e. The molecule has 21 heavy (non-hydrogen) atoms. The topological polar surface area (TPSA) is 76.1 Å². The lowest BCUT2D eigenvalue weighted by Gasteiger charge is -2.08. The van der Waals surface area contributed by atoms with Crippen LogP contribution in [0.1, 0.15) is 27.0 Å². The molecule has 0 bridgehead atoms. The van der Waals surface area contributed by atoms with Crippen LogP contribution < -0.4 is 5.73 Å². The number of nitrogens with zero attached hydrogens (tertiary/aromatic N) is 1. The highest BCUT2D eigenvalue weighted by Gasteiger charge is 2.11. The summed E-state index contributed by atoms with van der Waals surface area (Å²) in [7, 11) is 0. The molecule has 2 aromatic carbocycles. The third-order valence-electron chi connectivity index (χ3n) is 2.99. The Morgan fingerprint density at radius 1 is 1.33 bits per heavy atom.